The van der Waals surface area contributed by atoms with Crippen molar-refractivity contribution in [3.05, 3.63) is 66.9 Å². The number of imidazole rings is 1. The molecule has 22 heavy (non-hydrogen) atoms. The van der Waals surface area contributed by atoms with Crippen LogP contribution in [0.25, 0.3) is 16.9 Å². The van der Waals surface area contributed by atoms with Crippen LogP contribution in [0.15, 0.2) is 66.0 Å². The molecule has 0 atom stereocenters. The molecule has 0 aliphatic carbocycles. The third-order valence-corrected chi connectivity index (χ3v) is 4.41. The lowest BCUT2D eigenvalue weighted by molar-refractivity contribution is 0.602. The van der Waals surface area contributed by atoms with Crippen molar-refractivity contribution < 1.29 is 12.8 Å². The molecular formula is C16H13FN2O2S. The fraction of sp³-hybridized carbons (Fsp3) is 0.0625. The predicted octanol–water partition coefficient (Wildman–Crippen LogP) is 3.08. The first-order valence-corrected chi connectivity index (χ1v) is 8.43. The number of halogens is 1. The molecule has 0 amide bonds. The Balaban J connectivity index is 1.92. The van der Waals surface area contributed by atoms with E-state index in [4.69, 9.17) is 0 Å². The number of hydrogen-bond donors (Lipinski definition) is 0. The third-order valence-electron chi connectivity index (χ3n) is 3.29. The van der Waals surface area contributed by atoms with Crippen molar-refractivity contribution in [1.82, 2.24) is 9.55 Å². The molecule has 0 fully saturated rings. The number of sulfone groups is 1. The molecule has 3 rings (SSSR count). The van der Waals surface area contributed by atoms with Crippen LogP contribution < -0.4 is 0 Å². The van der Waals surface area contributed by atoms with Crippen LogP contribution in [-0.2, 0) is 9.84 Å². The van der Waals surface area contributed by atoms with E-state index in [0.717, 1.165) is 11.3 Å². The summed E-state index contributed by atoms with van der Waals surface area (Å²) in [6.07, 6.45) is 4.61. The molecule has 1 heterocycles. The van der Waals surface area contributed by atoms with E-state index in [9.17, 15) is 12.8 Å². The van der Waals surface area contributed by atoms with E-state index < -0.39 is 9.84 Å². The lowest BCUT2D eigenvalue weighted by atomic mass is 10.2. The van der Waals surface area contributed by atoms with E-state index in [-0.39, 0.29) is 10.7 Å². The number of rotatable bonds is 3. The molecule has 112 valence electrons. The third kappa shape index (κ3) is 2.92. The normalized spacial score (nSPS) is 11.5. The highest BCUT2D eigenvalue weighted by Crippen LogP contribution is 2.20. The highest BCUT2D eigenvalue weighted by molar-refractivity contribution is 7.90. The van der Waals surface area contributed by atoms with Gasteiger partial charge in [0.25, 0.3) is 0 Å². The van der Waals surface area contributed by atoms with Crippen LogP contribution in [-0.4, -0.2) is 24.2 Å². The molecule has 0 saturated carbocycles. The van der Waals surface area contributed by atoms with E-state index >= 15 is 0 Å². The molecule has 6 heteroatoms. The molecule has 0 spiro atoms. The van der Waals surface area contributed by atoms with Crippen LogP contribution in [0.5, 0.6) is 0 Å². The van der Waals surface area contributed by atoms with Crippen molar-refractivity contribution in [3.8, 4) is 16.9 Å². The predicted molar refractivity (Wildman–Crippen MR) is 82.1 cm³/mol. The van der Waals surface area contributed by atoms with Crippen LogP contribution in [0.4, 0.5) is 4.39 Å². The fourth-order valence-electron chi connectivity index (χ4n) is 2.10. The van der Waals surface area contributed by atoms with Gasteiger partial charge in [-0.15, -0.1) is 0 Å². The monoisotopic (exact) mass is 316 g/mol. The molecular weight excluding hydrogens is 303 g/mol. The second-order valence-corrected chi connectivity index (χ2v) is 6.95. The number of hydrogen-bond acceptors (Lipinski definition) is 3. The van der Waals surface area contributed by atoms with E-state index in [1.54, 1.807) is 47.3 Å². The Morgan fingerprint density at radius 1 is 1.00 bits per heavy atom. The topological polar surface area (TPSA) is 52.0 Å². The van der Waals surface area contributed by atoms with Gasteiger partial charge in [0.15, 0.2) is 9.84 Å². The molecule has 0 saturated heterocycles. The molecule has 0 unspecified atom stereocenters. The largest absolute Gasteiger partial charge is 0.306 e. The highest BCUT2D eigenvalue weighted by Gasteiger charge is 2.08. The van der Waals surface area contributed by atoms with Crippen LogP contribution in [0.2, 0.25) is 0 Å². The van der Waals surface area contributed by atoms with Gasteiger partial charge in [-0.25, -0.2) is 17.8 Å². The summed E-state index contributed by atoms with van der Waals surface area (Å²) >= 11 is 0. The second kappa shape index (κ2) is 5.38. The summed E-state index contributed by atoms with van der Waals surface area (Å²) in [6, 6.07) is 12.6. The molecule has 3 aromatic rings. The maximum atomic E-state index is 12.9. The molecule has 2 aromatic carbocycles. The smallest absolute Gasteiger partial charge is 0.175 e. The molecule has 1 aromatic heterocycles. The van der Waals surface area contributed by atoms with Crippen LogP contribution >= 0.6 is 0 Å². The Morgan fingerprint density at radius 3 is 2.23 bits per heavy atom. The Labute approximate surface area is 127 Å². The molecule has 0 aliphatic rings. The van der Waals surface area contributed by atoms with Gasteiger partial charge in [-0.3, -0.25) is 0 Å². The Hall–Kier alpha value is -2.47. The van der Waals surface area contributed by atoms with Crippen molar-refractivity contribution >= 4 is 9.84 Å². The van der Waals surface area contributed by atoms with Crippen molar-refractivity contribution in [1.29, 1.82) is 0 Å². The fourth-order valence-corrected chi connectivity index (χ4v) is 2.73. The average Bonchev–Trinajstić information content (AvgIpc) is 2.97. The van der Waals surface area contributed by atoms with Gasteiger partial charge in [0.1, 0.15) is 5.82 Å². The van der Waals surface area contributed by atoms with E-state index in [2.05, 4.69) is 4.98 Å². The highest BCUT2D eigenvalue weighted by atomic mass is 32.2. The summed E-state index contributed by atoms with van der Waals surface area (Å²) in [7, 11) is -3.20. The van der Waals surface area contributed by atoms with Gasteiger partial charge in [0, 0.05) is 23.7 Å². The zero-order chi connectivity index (χ0) is 15.7. The van der Waals surface area contributed by atoms with Crippen molar-refractivity contribution in [2.75, 3.05) is 6.26 Å². The second-order valence-electron chi connectivity index (χ2n) is 4.94. The summed E-state index contributed by atoms with van der Waals surface area (Å²) in [5.74, 6) is -0.292. The summed E-state index contributed by atoms with van der Waals surface area (Å²) < 4.78 is 37.6. The number of nitrogens with zero attached hydrogens (tertiary/aromatic N) is 2. The Bertz CT molecular complexity index is 898. The molecule has 0 aliphatic heterocycles. The van der Waals surface area contributed by atoms with Gasteiger partial charge in [0.05, 0.1) is 16.9 Å². The summed E-state index contributed by atoms with van der Waals surface area (Å²) in [4.78, 5) is 4.56. The summed E-state index contributed by atoms with van der Waals surface area (Å²) in [6.45, 7) is 0. The summed E-state index contributed by atoms with van der Waals surface area (Å²) in [5, 5.41) is 0. The first kappa shape index (κ1) is 14.5. The lowest BCUT2D eigenvalue weighted by Gasteiger charge is -2.03. The standard InChI is InChI=1S/C16H13FN2O2S/c1-22(20,21)15-8-6-14(7-9-15)19-10-16(18-11-19)12-2-4-13(17)5-3-12/h2-11H,1H3. The molecule has 0 bridgehead atoms. The van der Waals surface area contributed by atoms with Gasteiger partial charge in [-0.1, -0.05) is 0 Å². The first-order valence-electron chi connectivity index (χ1n) is 6.54. The van der Waals surface area contributed by atoms with Crippen molar-refractivity contribution in [3.63, 3.8) is 0 Å². The molecule has 0 radical (unpaired) electrons. The van der Waals surface area contributed by atoms with Crippen molar-refractivity contribution in [2.45, 2.75) is 4.90 Å². The first-order chi connectivity index (χ1) is 10.4. The van der Waals surface area contributed by atoms with Gasteiger partial charge in [0.2, 0.25) is 0 Å². The summed E-state index contributed by atoms with van der Waals surface area (Å²) in [5.41, 5.74) is 2.33. The minimum Gasteiger partial charge on any atom is -0.306 e. The van der Waals surface area contributed by atoms with Gasteiger partial charge in [-0.05, 0) is 48.5 Å². The van der Waals surface area contributed by atoms with E-state index in [1.165, 1.54) is 18.4 Å². The maximum absolute atomic E-state index is 12.9. The van der Waals surface area contributed by atoms with E-state index in [1.807, 2.05) is 6.20 Å². The minimum atomic E-state index is -3.20. The molecule has 4 nitrogen and oxygen atoms in total. The maximum Gasteiger partial charge on any atom is 0.175 e. The lowest BCUT2D eigenvalue weighted by Crippen LogP contribution is -1.97. The zero-order valence-corrected chi connectivity index (χ0v) is 12.6. The molecule has 0 N–H and O–H groups in total. The van der Waals surface area contributed by atoms with Gasteiger partial charge >= 0.3 is 0 Å². The van der Waals surface area contributed by atoms with Crippen LogP contribution in [0.3, 0.4) is 0 Å². The quantitative estimate of drug-likeness (QED) is 0.746. The Morgan fingerprint density at radius 2 is 1.64 bits per heavy atom. The Kier molecular flexibility index (Phi) is 3.54. The zero-order valence-electron chi connectivity index (χ0n) is 11.8. The minimum absolute atomic E-state index is 0.273. The van der Waals surface area contributed by atoms with Crippen LogP contribution in [0.1, 0.15) is 0 Å². The van der Waals surface area contributed by atoms with Crippen LogP contribution in [0, 0.1) is 5.82 Å². The van der Waals surface area contributed by atoms with E-state index in [0.29, 0.717) is 5.69 Å². The average molecular weight is 316 g/mol. The number of aromatic nitrogens is 2. The number of benzene rings is 2. The van der Waals surface area contributed by atoms with Gasteiger partial charge < -0.3 is 4.57 Å². The SMILES string of the molecule is CS(=O)(=O)c1ccc(-n2cnc(-c3ccc(F)cc3)c2)cc1. The van der Waals surface area contributed by atoms with Crippen molar-refractivity contribution in [2.24, 2.45) is 0 Å². The van der Waals surface area contributed by atoms with Gasteiger partial charge in [-0.2, -0.15) is 0 Å².